The molecule has 0 aromatic heterocycles. The van der Waals surface area contributed by atoms with Crippen molar-refractivity contribution in [3.05, 3.63) is 28.3 Å². The predicted octanol–water partition coefficient (Wildman–Crippen LogP) is 4.77. The van der Waals surface area contributed by atoms with E-state index in [4.69, 9.17) is 16.3 Å². The first-order valence-electron chi connectivity index (χ1n) is 6.82. The molecule has 1 nitrogen and oxygen atoms in total. The minimum atomic E-state index is 0.714. The monoisotopic (exact) mass is 328 g/mol. The third-order valence-electron chi connectivity index (χ3n) is 3.88. The molecule has 1 heterocycles. The number of halogens is 2. The van der Waals surface area contributed by atoms with Crippen molar-refractivity contribution in [2.75, 3.05) is 6.61 Å². The lowest BCUT2D eigenvalue weighted by molar-refractivity contribution is 0.353. The van der Waals surface area contributed by atoms with Gasteiger partial charge in [0.2, 0.25) is 0 Å². The van der Waals surface area contributed by atoms with E-state index in [0.717, 1.165) is 36.1 Å². The van der Waals surface area contributed by atoms with Crippen LogP contribution in [-0.2, 0) is 12.8 Å². The summed E-state index contributed by atoms with van der Waals surface area (Å²) in [7, 11) is 0. The van der Waals surface area contributed by atoms with Crippen LogP contribution in [0.5, 0.6) is 5.75 Å². The van der Waals surface area contributed by atoms with Crippen LogP contribution >= 0.6 is 27.5 Å². The normalized spacial score (nSPS) is 19.4. The van der Waals surface area contributed by atoms with E-state index in [-0.39, 0.29) is 0 Å². The largest absolute Gasteiger partial charge is 0.493 e. The summed E-state index contributed by atoms with van der Waals surface area (Å²) in [6.45, 7) is 0.811. The van der Waals surface area contributed by atoms with E-state index in [0.29, 0.717) is 4.83 Å². The molecule has 0 saturated heterocycles. The maximum atomic E-state index is 6.17. The second-order valence-corrected chi connectivity index (χ2v) is 7.01. The van der Waals surface area contributed by atoms with Gasteiger partial charge in [-0.15, -0.1) is 0 Å². The highest BCUT2D eigenvalue weighted by molar-refractivity contribution is 9.09. The van der Waals surface area contributed by atoms with Gasteiger partial charge in [-0.2, -0.15) is 0 Å². The third-order valence-corrected chi connectivity index (χ3v) is 5.31. The van der Waals surface area contributed by atoms with Crippen molar-refractivity contribution in [1.82, 2.24) is 0 Å². The number of benzene rings is 1. The zero-order chi connectivity index (χ0) is 12.5. The Labute approximate surface area is 122 Å². The van der Waals surface area contributed by atoms with E-state index in [1.54, 1.807) is 0 Å². The van der Waals surface area contributed by atoms with Gasteiger partial charge < -0.3 is 4.74 Å². The third kappa shape index (κ3) is 2.85. The Hall–Kier alpha value is -0.210. The standard InChI is InChI=1S/C15H18BrClO/c16-14(10-4-5-10)3-1-2-11-8-13(17)9-12-6-7-18-15(11)12/h8-10,14H,1-7H2. The molecule has 1 atom stereocenters. The van der Waals surface area contributed by atoms with Gasteiger partial charge in [0.1, 0.15) is 5.75 Å². The Morgan fingerprint density at radius 1 is 1.39 bits per heavy atom. The highest BCUT2D eigenvalue weighted by Gasteiger charge is 2.28. The smallest absolute Gasteiger partial charge is 0.125 e. The molecule has 0 amide bonds. The van der Waals surface area contributed by atoms with Gasteiger partial charge in [0.15, 0.2) is 0 Å². The van der Waals surface area contributed by atoms with E-state index < -0.39 is 0 Å². The van der Waals surface area contributed by atoms with Crippen LogP contribution in [0.4, 0.5) is 0 Å². The molecule has 18 heavy (non-hydrogen) atoms. The van der Waals surface area contributed by atoms with Crippen molar-refractivity contribution in [3.63, 3.8) is 0 Å². The fourth-order valence-electron chi connectivity index (χ4n) is 2.71. The Bertz CT molecular complexity index is 442. The molecule has 0 N–H and O–H groups in total. The molecule has 1 aliphatic heterocycles. The predicted molar refractivity (Wildman–Crippen MR) is 79.0 cm³/mol. The summed E-state index contributed by atoms with van der Waals surface area (Å²) in [5, 5.41) is 0.854. The van der Waals surface area contributed by atoms with Crippen molar-refractivity contribution < 1.29 is 4.74 Å². The van der Waals surface area contributed by atoms with E-state index >= 15 is 0 Å². The molecule has 3 rings (SSSR count). The Morgan fingerprint density at radius 2 is 2.22 bits per heavy atom. The molecule has 2 aliphatic rings. The first-order valence-corrected chi connectivity index (χ1v) is 8.11. The minimum absolute atomic E-state index is 0.714. The SMILES string of the molecule is Clc1cc(CCCC(Br)C2CC2)c2c(c1)CCO2. The molecule has 0 bridgehead atoms. The van der Waals surface area contributed by atoms with Crippen LogP contribution in [0.25, 0.3) is 0 Å². The van der Waals surface area contributed by atoms with Crippen LogP contribution in [0.2, 0.25) is 5.02 Å². The fourth-order valence-corrected chi connectivity index (χ4v) is 3.83. The van der Waals surface area contributed by atoms with E-state index in [2.05, 4.69) is 22.0 Å². The summed E-state index contributed by atoms with van der Waals surface area (Å²) >= 11 is 9.96. The van der Waals surface area contributed by atoms with Crippen LogP contribution in [0.3, 0.4) is 0 Å². The topological polar surface area (TPSA) is 9.23 Å². The second-order valence-electron chi connectivity index (χ2n) is 5.40. The Balaban J connectivity index is 1.61. The molecule has 1 aliphatic carbocycles. The first kappa shape index (κ1) is 12.8. The van der Waals surface area contributed by atoms with Gasteiger partial charge in [0, 0.05) is 16.3 Å². The molecule has 1 aromatic rings. The zero-order valence-corrected chi connectivity index (χ0v) is 12.8. The van der Waals surface area contributed by atoms with Crippen molar-refractivity contribution in [3.8, 4) is 5.75 Å². The average Bonchev–Trinajstić information content (AvgIpc) is 3.08. The highest BCUT2D eigenvalue weighted by atomic mass is 79.9. The Kier molecular flexibility index (Phi) is 3.86. The summed E-state index contributed by atoms with van der Waals surface area (Å²) in [4.78, 5) is 0.714. The number of aryl methyl sites for hydroxylation is 1. The summed E-state index contributed by atoms with van der Waals surface area (Å²) in [6, 6.07) is 4.12. The molecule has 3 heteroatoms. The molecule has 1 fully saturated rings. The maximum Gasteiger partial charge on any atom is 0.125 e. The molecule has 1 aromatic carbocycles. The van der Waals surface area contributed by atoms with Gasteiger partial charge in [-0.3, -0.25) is 0 Å². The first-order chi connectivity index (χ1) is 8.74. The van der Waals surface area contributed by atoms with E-state index in [1.807, 2.05) is 6.07 Å². The summed E-state index contributed by atoms with van der Waals surface area (Å²) in [5.74, 6) is 2.04. The molecular formula is C15H18BrClO. The minimum Gasteiger partial charge on any atom is -0.493 e. The molecule has 0 spiro atoms. The number of rotatable bonds is 5. The highest BCUT2D eigenvalue weighted by Crippen LogP contribution is 2.39. The van der Waals surface area contributed by atoms with Gasteiger partial charge in [0.05, 0.1) is 6.61 Å². The van der Waals surface area contributed by atoms with Gasteiger partial charge >= 0.3 is 0 Å². The summed E-state index contributed by atoms with van der Waals surface area (Å²) in [5.41, 5.74) is 2.58. The molecular weight excluding hydrogens is 312 g/mol. The maximum absolute atomic E-state index is 6.17. The molecule has 1 unspecified atom stereocenters. The van der Waals surface area contributed by atoms with Crippen LogP contribution < -0.4 is 4.74 Å². The van der Waals surface area contributed by atoms with Crippen molar-refractivity contribution in [2.45, 2.75) is 43.4 Å². The lowest BCUT2D eigenvalue weighted by atomic mass is 10.0. The number of alkyl halides is 1. The van der Waals surface area contributed by atoms with Crippen molar-refractivity contribution in [2.24, 2.45) is 5.92 Å². The Morgan fingerprint density at radius 3 is 3.00 bits per heavy atom. The number of hydrogen-bond acceptors (Lipinski definition) is 1. The van der Waals surface area contributed by atoms with Gasteiger partial charge in [-0.1, -0.05) is 27.5 Å². The van der Waals surface area contributed by atoms with E-state index in [1.165, 1.54) is 36.8 Å². The summed E-state index contributed by atoms with van der Waals surface area (Å²) in [6.07, 6.45) is 7.37. The summed E-state index contributed by atoms with van der Waals surface area (Å²) < 4.78 is 5.73. The quantitative estimate of drug-likeness (QED) is 0.707. The lowest BCUT2D eigenvalue weighted by Gasteiger charge is -2.11. The second kappa shape index (κ2) is 5.42. The van der Waals surface area contributed by atoms with Gasteiger partial charge in [0.25, 0.3) is 0 Å². The van der Waals surface area contributed by atoms with Gasteiger partial charge in [-0.05, 0) is 61.3 Å². The number of ether oxygens (including phenoxy) is 1. The zero-order valence-electron chi connectivity index (χ0n) is 10.4. The molecule has 98 valence electrons. The molecule has 0 radical (unpaired) electrons. The van der Waals surface area contributed by atoms with Crippen LogP contribution in [-0.4, -0.2) is 11.4 Å². The van der Waals surface area contributed by atoms with E-state index in [9.17, 15) is 0 Å². The number of fused-ring (bicyclic) bond motifs is 1. The fraction of sp³-hybridized carbons (Fsp3) is 0.600. The van der Waals surface area contributed by atoms with Crippen LogP contribution in [0.15, 0.2) is 12.1 Å². The lowest BCUT2D eigenvalue weighted by Crippen LogP contribution is -2.01. The molecule has 1 saturated carbocycles. The van der Waals surface area contributed by atoms with Gasteiger partial charge in [-0.25, -0.2) is 0 Å². The number of hydrogen-bond donors (Lipinski definition) is 0. The van der Waals surface area contributed by atoms with Crippen LogP contribution in [0.1, 0.15) is 36.8 Å². The van der Waals surface area contributed by atoms with Crippen molar-refractivity contribution >= 4 is 27.5 Å². The van der Waals surface area contributed by atoms with Crippen LogP contribution in [0, 0.1) is 5.92 Å². The average molecular weight is 330 g/mol. The van der Waals surface area contributed by atoms with Crippen molar-refractivity contribution in [1.29, 1.82) is 0 Å².